The first-order valence-corrected chi connectivity index (χ1v) is 8.92. The molecule has 0 bridgehead atoms. The Morgan fingerprint density at radius 1 is 1.29 bits per heavy atom. The second kappa shape index (κ2) is 8.12. The average molecular weight is 382 g/mol. The Morgan fingerprint density at radius 2 is 2.07 bits per heavy atom. The first-order valence-electron chi connectivity index (χ1n) is 8.92. The Bertz CT molecular complexity index is 1030. The summed E-state index contributed by atoms with van der Waals surface area (Å²) in [4.78, 5) is 22.0. The van der Waals surface area contributed by atoms with Crippen LogP contribution in [0.2, 0.25) is 0 Å². The number of aromatic nitrogens is 2. The molecule has 3 aromatic rings. The maximum atomic E-state index is 13.7. The van der Waals surface area contributed by atoms with Crippen molar-refractivity contribution in [3.63, 3.8) is 0 Å². The first kappa shape index (κ1) is 19.4. The number of aromatic amines is 1. The number of benzene rings is 2. The first-order chi connectivity index (χ1) is 13.4. The molecule has 1 heterocycles. The van der Waals surface area contributed by atoms with E-state index < -0.39 is 5.82 Å². The third kappa shape index (κ3) is 4.31. The summed E-state index contributed by atoms with van der Waals surface area (Å²) in [7, 11) is 3.37. The summed E-state index contributed by atoms with van der Waals surface area (Å²) >= 11 is 0. The van der Waals surface area contributed by atoms with Crippen LogP contribution in [0.3, 0.4) is 0 Å². The van der Waals surface area contributed by atoms with E-state index in [0.29, 0.717) is 17.3 Å². The van der Waals surface area contributed by atoms with Crippen LogP contribution in [0.4, 0.5) is 16.0 Å². The molecule has 1 aromatic heterocycles. The molecule has 0 atom stereocenters. The lowest BCUT2D eigenvalue weighted by molar-refractivity contribution is -0.111. The monoisotopic (exact) mass is 382 g/mol. The van der Waals surface area contributed by atoms with Crippen LogP contribution >= 0.6 is 0 Å². The van der Waals surface area contributed by atoms with Gasteiger partial charge in [-0.25, -0.2) is 9.37 Å². The minimum Gasteiger partial charge on any atom is -0.494 e. The van der Waals surface area contributed by atoms with Crippen molar-refractivity contribution in [2.24, 2.45) is 0 Å². The van der Waals surface area contributed by atoms with Gasteiger partial charge < -0.3 is 19.9 Å². The van der Waals surface area contributed by atoms with Gasteiger partial charge in [-0.2, -0.15) is 0 Å². The number of H-pyrrole nitrogens is 1. The molecule has 0 radical (unpaired) electrons. The smallest absolute Gasteiger partial charge is 0.248 e. The van der Waals surface area contributed by atoms with Crippen molar-refractivity contribution in [1.82, 2.24) is 9.97 Å². The second-order valence-corrected chi connectivity index (χ2v) is 6.71. The lowest BCUT2D eigenvalue weighted by Crippen LogP contribution is -2.26. The summed E-state index contributed by atoms with van der Waals surface area (Å²) in [6, 6.07) is 10.3. The molecule has 1 amide bonds. The molecule has 0 aliphatic rings. The van der Waals surface area contributed by atoms with Crippen LogP contribution in [-0.2, 0) is 4.79 Å². The van der Waals surface area contributed by atoms with Crippen LogP contribution in [0.15, 0.2) is 42.5 Å². The van der Waals surface area contributed by atoms with E-state index in [9.17, 15) is 9.18 Å². The standard InChI is InChI=1S/C21H23FN4O2/c1-13(2)26(3)21-24-17-8-7-15(12-18(17)25-21)23-20(27)10-6-14-5-9-19(28-4)16(22)11-14/h5-13H,1-4H3,(H,23,27)(H,24,25). The van der Waals surface area contributed by atoms with Crippen molar-refractivity contribution in [2.75, 3.05) is 24.4 Å². The van der Waals surface area contributed by atoms with Crippen molar-refractivity contribution >= 4 is 34.7 Å². The van der Waals surface area contributed by atoms with Gasteiger partial charge in [-0.3, -0.25) is 4.79 Å². The summed E-state index contributed by atoms with van der Waals surface area (Å²) in [6.07, 6.45) is 2.90. The Labute approximate surface area is 163 Å². The number of imidazole rings is 1. The summed E-state index contributed by atoms with van der Waals surface area (Å²) in [5.41, 5.74) is 2.87. The highest BCUT2D eigenvalue weighted by Crippen LogP contribution is 2.22. The largest absolute Gasteiger partial charge is 0.494 e. The third-order valence-corrected chi connectivity index (χ3v) is 4.45. The molecule has 28 heavy (non-hydrogen) atoms. The molecule has 2 aromatic carbocycles. The van der Waals surface area contributed by atoms with E-state index in [1.165, 1.54) is 25.3 Å². The number of fused-ring (bicyclic) bond motifs is 1. The molecular weight excluding hydrogens is 359 g/mol. The molecule has 0 aliphatic carbocycles. The molecule has 6 nitrogen and oxygen atoms in total. The SMILES string of the molecule is COc1ccc(C=CC(=O)Nc2ccc3nc(N(C)C(C)C)[nH]c3c2)cc1F. The van der Waals surface area contributed by atoms with Gasteiger partial charge in [0.25, 0.3) is 0 Å². The number of hydrogen-bond donors (Lipinski definition) is 2. The predicted octanol–water partition coefficient (Wildman–Crippen LogP) is 4.21. The highest BCUT2D eigenvalue weighted by molar-refractivity contribution is 6.02. The van der Waals surface area contributed by atoms with Crippen LogP contribution in [0.1, 0.15) is 19.4 Å². The summed E-state index contributed by atoms with van der Waals surface area (Å²) in [6.45, 7) is 4.17. The Kier molecular flexibility index (Phi) is 5.63. The van der Waals surface area contributed by atoms with E-state index in [0.717, 1.165) is 17.0 Å². The highest BCUT2D eigenvalue weighted by Gasteiger charge is 2.11. The Hall–Kier alpha value is -3.35. The van der Waals surface area contributed by atoms with Gasteiger partial charge in [0, 0.05) is 24.9 Å². The number of rotatable bonds is 6. The lowest BCUT2D eigenvalue weighted by Gasteiger charge is -2.19. The molecule has 146 valence electrons. The van der Waals surface area contributed by atoms with E-state index in [4.69, 9.17) is 4.74 Å². The maximum Gasteiger partial charge on any atom is 0.248 e. The predicted molar refractivity (Wildman–Crippen MR) is 110 cm³/mol. The molecule has 0 saturated heterocycles. The molecular formula is C21H23FN4O2. The van der Waals surface area contributed by atoms with Crippen LogP contribution in [0.5, 0.6) is 5.75 Å². The quantitative estimate of drug-likeness (QED) is 0.627. The summed E-state index contributed by atoms with van der Waals surface area (Å²) in [5, 5.41) is 2.80. The Morgan fingerprint density at radius 3 is 2.75 bits per heavy atom. The fourth-order valence-corrected chi connectivity index (χ4v) is 2.63. The van der Waals surface area contributed by atoms with Crippen LogP contribution in [-0.4, -0.2) is 36.1 Å². The van der Waals surface area contributed by atoms with Crippen molar-refractivity contribution in [3.8, 4) is 5.75 Å². The number of anilines is 2. The van der Waals surface area contributed by atoms with Gasteiger partial charge in [0.05, 0.1) is 18.1 Å². The number of methoxy groups -OCH3 is 1. The van der Waals surface area contributed by atoms with Crippen LogP contribution < -0.4 is 15.0 Å². The molecule has 0 saturated carbocycles. The van der Waals surface area contributed by atoms with Crippen molar-refractivity contribution < 1.29 is 13.9 Å². The number of nitrogens with zero attached hydrogens (tertiary/aromatic N) is 2. The Balaban J connectivity index is 1.71. The average Bonchev–Trinajstić information content (AvgIpc) is 3.09. The fraction of sp³-hybridized carbons (Fsp3) is 0.238. The zero-order chi connectivity index (χ0) is 20.3. The fourth-order valence-electron chi connectivity index (χ4n) is 2.63. The van der Waals surface area contributed by atoms with Crippen molar-refractivity contribution in [1.29, 1.82) is 0 Å². The molecule has 0 fully saturated rings. The number of carbonyl (C=O) groups is 1. The minimum atomic E-state index is -0.475. The third-order valence-electron chi connectivity index (χ3n) is 4.45. The zero-order valence-corrected chi connectivity index (χ0v) is 16.3. The van der Waals surface area contributed by atoms with Gasteiger partial charge in [-0.15, -0.1) is 0 Å². The second-order valence-electron chi connectivity index (χ2n) is 6.71. The lowest BCUT2D eigenvalue weighted by atomic mass is 10.2. The molecule has 2 N–H and O–H groups in total. The molecule has 0 aliphatic heterocycles. The number of carbonyl (C=O) groups excluding carboxylic acids is 1. The zero-order valence-electron chi connectivity index (χ0n) is 16.3. The number of hydrogen-bond acceptors (Lipinski definition) is 4. The van der Waals surface area contributed by atoms with Gasteiger partial charge in [-0.1, -0.05) is 6.07 Å². The highest BCUT2D eigenvalue weighted by atomic mass is 19.1. The minimum absolute atomic E-state index is 0.164. The van der Waals surface area contributed by atoms with Gasteiger partial charge >= 0.3 is 0 Å². The maximum absolute atomic E-state index is 13.7. The van der Waals surface area contributed by atoms with E-state index in [2.05, 4.69) is 29.1 Å². The molecule has 3 rings (SSSR count). The van der Waals surface area contributed by atoms with Gasteiger partial charge in [0.15, 0.2) is 11.6 Å². The number of nitrogens with one attached hydrogen (secondary N) is 2. The van der Waals surface area contributed by atoms with Gasteiger partial charge in [0.1, 0.15) is 0 Å². The van der Waals surface area contributed by atoms with Crippen LogP contribution in [0.25, 0.3) is 17.1 Å². The topological polar surface area (TPSA) is 70.2 Å². The normalized spacial score (nSPS) is 11.4. The van der Waals surface area contributed by atoms with E-state index >= 15 is 0 Å². The molecule has 0 spiro atoms. The number of ether oxygens (including phenoxy) is 1. The van der Waals surface area contributed by atoms with Crippen LogP contribution in [0, 0.1) is 5.82 Å². The summed E-state index contributed by atoms with van der Waals surface area (Å²) < 4.78 is 18.6. The van der Waals surface area contributed by atoms with E-state index in [1.807, 2.05) is 24.1 Å². The number of amides is 1. The van der Waals surface area contributed by atoms with E-state index in [-0.39, 0.29) is 11.7 Å². The molecule has 0 unspecified atom stereocenters. The molecule has 7 heteroatoms. The van der Waals surface area contributed by atoms with E-state index in [1.54, 1.807) is 18.2 Å². The van der Waals surface area contributed by atoms with Crippen molar-refractivity contribution in [3.05, 3.63) is 53.9 Å². The summed E-state index contributed by atoms with van der Waals surface area (Å²) in [5.74, 6) is 0.151. The van der Waals surface area contributed by atoms with Gasteiger partial charge in [0.2, 0.25) is 11.9 Å². The van der Waals surface area contributed by atoms with Gasteiger partial charge in [-0.05, 0) is 55.8 Å². The van der Waals surface area contributed by atoms with Crippen molar-refractivity contribution in [2.45, 2.75) is 19.9 Å². The number of halogens is 1.